The maximum Gasteiger partial charge on any atom is 0.322 e. The number of aliphatic imine (C=N–C) groups is 1. The second-order valence-electron chi connectivity index (χ2n) is 23.6. The molecule has 35 heteroatoms. The van der Waals surface area contributed by atoms with E-state index in [1.54, 1.807) is 44.2 Å². The molecular formula is C59H90N20O14S. The van der Waals surface area contributed by atoms with Crippen LogP contribution in [0, 0.1) is 11.8 Å². The Labute approximate surface area is 548 Å². The molecule has 3 heterocycles. The fourth-order valence-electron chi connectivity index (χ4n) is 9.89. The molecule has 4 rings (SSSR count). The number of imidazole rings is 2. The molecule has 0 unspecified atom stereocenters. The maximum absolute atomic E-state index is 14.7. The summed E-state index contributed by atoms with van der Waals surface area (Å²) in [6.07, 6.45) is 5.56. The lowest BCUT2D eigenvalue weighted by molar-refractivity contribution is -0.143. The van der Waals surface area contributed by atoms with Gasteiger partial charge in [0.1, 0.15) is 67.0 Å². The molecule has 3 aromatic rings. The fourth-order valence-corrected chi connectivity index (χ4v) is 10.1. The van der Waals surface area contributed by atoms with Crippen molar-refractivity contribution >= 4 is 95.4 Å². The molecule has 2 aromatic heterocycles. The number of hydrogen-bond donors (Lipinski definition) is 18. The average Bonchev–Trinajstić information content (AvgIpc) is 1.60. The van der Waals surface area contributed by atoms with Gasteiger partial charge in [-0.05, 0) is 69.8 Å². The van der Waals surface area contributed by atoms with Crippen molar-refractivity contribution in [1.82, 2.24) is 78.0 Å². The number of carboxylic acid groups (broad SMARTS) is 1. The first-order chi connectivity index (χ1) is 44.5. The van der Waals surface area contributed by atoms with E-state index in [0.29, 0.717) is 23.4 Å². The van der Waals surface area contributed by atoms with Gasteiger partial charge in [0.2, 0.25) is 70.9 Å². The molecule has 12 amide bonds. The van der Waals surface area contributed by atoms with Crippen molar-refractivity contribution < 1.29 is 67.4 Å². The molecule has 1 fully saturated rings. The van der Waals surface area contributed by atoms with Crippen LogP contribution >= 0.6 is 12.6 Å². The monoisotopic (exact) mass is 1330 g/mol. The second-order valence-corrected chi connectivity index (χ2v) is 24.0. The first kappa shape index (κ1) is 76.8. The summed E-state index contributed by atoms with van der Waals surface area (Å²) in [6, 6.07) is -6.27. The number of primary amides is 1. The van der Waals surface area contributed by atoms with Gasteiger partial charge in [-0.2, -0.15) is 12.6 Å². The van der Waals surface area contributed by atoms with Crippen molar-refractivity contribution in [3.63, 3.8) is 0 Å². The minimum Gasteiger partial charge on any atom is -0.480 e. The highest BCUT2D eigenvalue weighted by Crippen LogP contribution is 2.22. The zero-order valence-electron chi connectivity index (χ0n) is 53.4. The largest absolute Gasteiger partial charge is 0.480 e. The SMILES string of the molecule is CC(C)C[C@H](NC(=O)[C@@H]1CCCN1C(=O)[C@H](CC(C)C)NC(=O)[C@H](CCCN=C(N)N)NC(=O)[C@H](C)NC(=O)[C@H](Cc1cnc[nH]1)NC(=O)[C@@H](N)Cc1cnc[nH]1)C(=O)N[C@@H](C)C(=O)N[C@@H](CC(N)=O)C(=O)N[C@@H](Cc1ccccc1)C(=O)N[C@@H](CS)C(=O)NCC(=O)O. The van der Waals surface area contributed by atoms with E-state index in [0.717, 1.165) is 0 Å². The van der Waals surface area contributed by atoms with Gasteiger partial charge in [-0.15, -0.1) is 0 Å². The molecule has 0 spiro atoms. The number of aromatic nitrogens is 4. The zero-order chi connectivity index (χ0) is 69.8. The Morgan fingerprint density at radius 1 is 0.606 bits per heavy atom. The van der Waals surface area contributed by atoms with Crippen LogP contribution in [-0.4, -0.2) is 205 Å². The van der Waals surface area contributed by atoms with Gasteiger partial charge in [-0.1, -0.05) is 58.0 Å². The number of carbonyl (C=O) groups excluding carboxylic acids is 12. The third kappa shape index (κ3) is 26.1. The Balaban J connectivity index is 1.47. The van der Waals surface area contributed by atoms with E-state index in [-0.39, 0.29) is 88.0 Å². The first-order valence-electron chi connectivity index (χ1n) is 30.7. The number of aromatic amines is 2. The minimum atomic E-state index is -1.72. The van der Waals surface area contributed by atoms with Crippen LogP contribution in [0.5, 0.6) is 0 Å². The van der Waals surface area contributed by atoms with Gasteiger partial charge in [-0.25, -0.2) is 9.97 Å². The predicted octanol–water partition coefficient (Wildman–Crippen LogP) is -4.97. The molecule has 516 valence electrons. The molecule has 0 bridgehead atoms. The van der Waals surface area contributed by atoms with Crippen LogP contribution < -0.4 is 76.1 Å². The van der Waals surface area contributed by atoms with Crippen molar-refractivity contribution in [1.29, 1.82) is 0 Å². The Bertz CT molecular complexity index is 3100. The lowest BCUT2D eigenvalue weighted by Gasteiger charge is -2.32. The Kier molecular flexibility index (Phi) is 31.3. The summed E-state index contributed by atoms with van der Waals surface area (Å²) in [7, 11) is 0. The summed E-state index contributed by atoms with van der Waals surface area (Å²) >= 11 is 4.10. The molecule has 0 radical (unpaired) electrons. The summed E-state index contributed by atoms with van der Waals surface area (Å²) in [5.74, 6) is -12.4. The summed E-state index contributed by atoms with van der Waals surface area (Å²) in [4.78, 5) is 195. The fraction of sp³-hybridized carbons (Fsp3) is 0.559. The average molecular weight is 1340 g/mol. The number of rotatable bonds is 39. The zero-order valence-corrected chi connectivity index (χ0v) is 54.3. The third-order valence-electron chi connectivity index (χ3n) is 14.7. The van der Waals surface area contributed by atoms with Gasteiger partial charge in [0, 0.05) is 61.9 Å². The summed E-state index contributed by atoms with van der Waals surface area (Å²) in [5.41, 5.74) is 24.3. The van der Waals surface area contributed by atoms with Crippen molar-refractivity contribution in [3.05, 3.63) is 72.3 Å². The van der Waals surface area contributed by atoms with Crippen LogP contribution in [0.2, 0.25) is 0 Å². The molecule has 1 aliphatic rings. The molecule has 21 N–H and O–H groups in total. The number of likely N-dealkylation sites (tertiary alicyclic amines) is 1. The number of amides is 12. The van der Waals surface area contributed by atoms with E-state index >= 15 is 0 Å². The summed E-state index contributed by atoms with van der Waals surface area (Å²) < 4.78 is 0. The summed E-state index contributed by atoms with van der Waals surface area (Å²) in [5, 5.41) is 34.4. The van der Waals surface area contributed by atoms with Crippen molar-refractivity contribution in [2.24, 2.45) is 39.8 Å². The van der Waals surface area contributed by atoms with Crippen LogP contribution in [0.15, 0.2) is 60.4 Å². The highest BCUT2D eigenvalue weighted by molar-refractivity contribution is 7.80. The highest BCUT2D eigenvalue weighted by atomic mass is 32.1. The van der Waals surface area contributed by atoms with Gasteiger partial charge < -0.3 is 96.1 Å². The van der Waals surface area contributed by atoms with Crippen molar-refractivity contribution in [2.75, 3.05) is 25.4 Å². The Morgan fingerprint density at radius 2 is 1.11 bits per heavy atom. The summed E-state index contributed by atoms with van der Waals surface area (Å²) in [6.45, 7) is 9.17. The van der Waals surface area contributed by atoms with E-state index in [4.69, 9.17) is 28.0 Å². The lowest BCUT2D eigenvalue weighted by Crippen LogP contribution is -2.60. The molecular weight excluding hydrogens is 1240 g/mol. The molecule has 1 saturated heterocycles. The molecule has 1 aliphatic heterocycles. The number of thiol groups is 1. The van der Waals surface area contributed by atoms with Gasteiger partial charge in [-0.3, -0.25) is 67.3 Å². The quantitative estimate of drug-likeness (QED) is 0.0110. The molecule has 94 heavy (non-hydrogen) atoms. The number of carbonyl (C=O) groups is 13. The Hall–Kier alpha value is -9.67. The Morgan fingerprint density at radius 3 is 1.66 bits per heavy atom. The first-order valence-corrected chi connectivity index (χ1v) is 31.3. The molecule has 1 aromatic carbocycles. The van der Waals surface area contributed by atoms with Crippen LogP contribution in [0.25, 0.3) is 0 Å². The third-order valence-corrected chi connectivity index (χ3v) is 15.1. The van der Waals surface area contributed by atoms with Gasteiger partial charge in [0.15, 0.2) is 5.96 Å². The number of benzene rings is 1. The van der Waals surface area contributed by atoms with Crippen LogP contribution in [0.1, 0.15) is 103 Å². The minimum absolute atomic E-state index is 0.0361. The maximum atomic E-state index is 14.7. The van der Waals surface area contributed by atoms with E-state index < -0.39 is 156 Å². The van der Waals surface area contributed by atoms with Crippen molar-refractivity contribution in [3.8, 4) is 0 Å². The topological polar surface area (TPSA) is 539 Å². The van der Waals surface area contributed by atoms with Gasteiger partial charge in [0.05, 0.1) is 25.1 Å². The number of nitrogens with two attached hydrogens (primary N) is 4. The normalized spacial score (nSPS) is 15.9. The lowest BCUT2D eigenvalue weighted by atomic mass is 10.0. The standard InChI is InChI=1S/C59H90N20O14S/c1-30(2)18-39(53(88)70-33(6)49(84)73-42(23-46(61)80)56(91)75-40(20-34-12-8-7-9-13-34)55(90)78-44(27-94)51(86)67-26-47(81)82)76-57(92)45-15-11-17-79(45)58(93)43(19-31(3)4)77-52(87)38(14-10-16-66-59(62)63)72-48(83)32(5)71-54(89)41(22-36-25-65-29-69-36)74-50(85)37(60)21-35-24-64-28-68-35/h7-9,12-13,24-25,28-33,37-45,94H,10-11,14-23,26-27,60H2,1-6H3,(H2,61,80)(H,64,68)(H,65,69)(H,67,86)(H,70,88)(H,71,89)(H,72,83)(H,73,84)(H,74,85)(H,75,91)(H,76,92)(H,77,87)(H,78,90)(H,81,82)(H4,62,63,66)/t32-,33-,37-,38-,39-,40-,41-,42-,43-,44-,45-/m0/s1. The number of aliphatic carboxylic acids is 1. The van der Waals surface area contributed by atoms with Crippen LogP contribution in [-0.2, 0) is 81.6 Å². The second kappa shape index (κ2) is 38.4. The molecule has 0 aliphatic carbocycles. The van der Waals surface area contributed by atoms with Gasteiger partial charge >= 0.3 is 5.97 Å². The number of nitrogens with one attached hydrogen (secondary N) is 12. The number of guanidine groups is 1. The molecule has 11 atom stereocenters. The van der Waals surface area contributed by atoms with E-state index in [1.165, 1.54) is 43.8 Å². The smallest absolute Gasteiger partial charge is 0.322 e. The van der Waals surface area contributed by atoms with E-state index in [9.17, 15) is 62.3 Å². The van der Waals surface area contributed by atoms with E-state index in [1.807, 2.05) is 13.8 Å². The number of carboxylic acids is 1. The van der Waals surface area contributed by atoms with Crippen molar-refractivity contribution in [2.45, 2.75) is 172 Å². The number of hydrogen-bond acceptors (Lipinski definition) is 18. The highest BCUT2D eigenvalue weighted by Gasteiger charge is 2.41. The molecule has 0 saturated carbocycles. The van der Waals surface area contributed by atoms with Gasteiger partial charge in [0.25, 0.3) is 0 Å². The van der Waals surface area contributed by atoms with E-state index in [2.05, 4.69) is 90.7 Å². The number of nitrogens with zero attached hydrogens (tertiary/aromatic N) is 4. The van der Waals surface area contributed by atoms with Crippen LogP contribution in [0.3, 0.4) is 0 Å². The van der Waals surface area contributed by atoms with Crippen LogP contribution in [0.4, 0.5) is 0 Å². The number of H-pyrrole nitrogens is 2. The predicted molar refractivity (Wildman–Crippen MR) is 343 cm³/mol. The molecule has 34 nitrogen and oxygen atoms in total.